The molecule has 0 bridgehead atoms. The van der Waals surface area contributed by atoms with Gasteiger partial charge in [0.25, 0.3) is 0 Å². The smallest absolute Gasteiger partial charge is 0.173 e. The van der Waals surface area contributed by atoms with Crippen molar-refractivity contribution in [3.63, 3.8) is 0 Å². The van der Waals surface area contributed by atoms with Crippen molar-refractivity contribution in [2.75, 3.05) is 23.4 Å². The number of aliphatic hydroxyl groups is 1. The summed E-state index contributed by atoms with van der Waals surface area (Å²) >= 11 is 3.57. The highest BCUT2D eigenvalue weighted by molar-refractivity contribution is 9.10. The first-order valence-electron chi connectivity index (χ1n) is 10.2. The Morgan fingerprint density at radius 1 is 1.24 bits per heavy atom. The molecule has 2 N–H and O–H groups in total. The van der Waals surface area contributed by atoms with Gasteiger partial charge in [0.15, 0.2) is 5.65 Å². The Morgan fingerprint density at radius 3 is 2.69 bits per heavy atom. The van der Waals surface area contributed by atoms with E-state index in [1.54, 1.807) is 16.9 Å². The fourth-order valence-electron chi connectivity index (χ4n) is 3.61. The molecule has 0 unspecified atom stereocenters. The van der Waals surface area contributed by atoms with Crippen LogP contribution in [0.3, 0.4) is 0 Å². The number of nitrogens with one attached hydrogen (secondary N) is 1. The molecule has 0 saturated heterocycles. The zero-order chi connectivity index (χ0) is 20.6. The monoisotopic (exact) mass is 460 g/mol. The number of rotatable bonds is 11. The molecule has 3 aromatic rings. The first kappa shape index (κ1) is 21.5. The summed E-state index contributed by atoms with van der Waals surface area (Å²) in [5.74, 6) is 1.71. The second kappa shape index (κ2) is 10.5. The molecule has 0 aliphatic carbocycles. The van der Waals surface area contributed by atoms with Gasteiger partial charge in [-0.1, -0.05) is 32.8 Å². The molecular weight excluding hydrogens is 432 g/mol. The Morgan fingerprint density at radius 2 is 2.03 bits per heavy atom. The van der Waals surface area contributed by atoms with Gasteiger partial charge < -0.3 is 15.3 Å². The lowest BCUT2D eigenvalue weighted by Crippen LogP contribution is -2.38. The second-order valence-electron chi connectivity index (χ2n) is 7.09. The van der Waals surface area contributed by atoms with Crippen molar-refractivity contribution in [3.8, 4) is 0 Å². The van der Waals surface area contributed by atoms with Crippen LogP contribution in [0.25, 0.3) is 5.65 Å². The van der Waals surface area contributed by atoms with Crippen molar-refractivity contribution in [1.29, 1.82) is 0 Å². The van der Waals surface area contributed by atoms with Gasteiger partial charge in [0.2, 0.25) is 0 Å². The molecule has 3 rings (SSSR count). The molecule has 0 atom stereocenters. The molecule has 29 heavy (non-hydrogen) atoms. The lowest BCUT2D eigenvalue weighted by molar-refractivity contribution is 0.294. The summed E-state index contributed by atoms with van der Waals surface area (Å²) < 4.78 is 2.64. The summed E-state index contributed by atoms with van der Waals surface area (Å²) in [6, 6.07) is 6.34. The van der Waals surface area contributed by atoms with Gasteiger partial charge in [-0.2, -0.15) is 9.61 Å². The number of aliphatic hydroxyl groups excluding tert-OH is 1. The van der Waals surface area contributed by atoms with E-state index >= 15 is 0 Å². The minimum absolute atomic E-state index is 0.0929. The molecule has 0 radical (unpaired) electrons. The van der Waals surface area contributed by atoms with Gasteiger partial charge in [-0.15, -0.1) is 0 Å². The fourth-order valence-corrected chi connectivity index (χ4v) is 3.95. The lowest BCUT2D eigenvalue weighted by Gasteiger charge is -2.32. The summed E-state index contributed by atoms with van der Waals surface area (Å²) in [7, 11) is 0. The van der Waals surface area contributed by atoms with Gasteiger partial charge in [-0.3, -0.25) is 4.98 Å². The standard InChI is InChI=1S/C21H29BrN6O/c1-3-6-17(7-4-2)27(10-11-29)20-12-19(24-14-16-8-5-9-23-13-16)28-21(26-20)18(22)15-25-28/h5,8-9,12-13,15,17,24,29H,3-4,6-7,10-11,14H2,1-2H3. The molecule has 0 aromatic carbocycles. The maximum absolute atomic E-state index is 9.71. The molecule has 0 aliphatic heterocycles. The van der Waals surface area contributed by atoms with Crippen LogP contribution in [-0.2, 0) is 6.54 Å². The number of halogens is 1. The number of nitrogens with zero attached hydrogens (tertiary/aromatic N) is 5. The zero-order valence-corrected chi connectivity index (χ0v) is 18.6. The summed E-state index contributed by atoms with van der Waals surface area (Å²) in [5, 5.41) is 17.6. The number of aromatic nitrogens is 4. The number of hydrogen-bond acceptors (Lipinski definition) is 6. The number of hydrogen-bond donors (Lipinski definition) is 2. The van der Waals surface area contributed by atoms with Gasteiger partial charge in [-0.25, -0.2) is 4.98 Å². The van der Waals surface area contributed by atoms with E-state index in [-0.39, 0.29) is 6.61 Å². The van der Waals surface area contributed by atoms with Crippen molar-refractivity contribution < 1.29 is 5.11 Å². The average Bonchev–Trinajstić information content (AvgIpc) is 3.12. The van der Waals surface area contributed by atoms with Crippen LogP contribution in [0.15, 0.2) is 41.3 Å². The predicted octanol–water partition coefficient (Wildman–Crippen LogP) is 4.27. The topological polar surface area (TPSA) is 78.6 Å². The van der Waals surface area contributed by atoms with Crippen molar-refractivity contribution in [1.82, 2.24) is 19.6 Å². The van der Waals surface area contributed by atoms with E-state index in [1.807, 2.05) is 24.4 Å². The van der Waals surface area contributed by atoms with Crippen molar-refractivity contribution >= 4 is 33.2 Å². The van der Waals surface area contributed by atoms with Crippen LogP contribution in [0.1, 0.15) is 45.1 Å². The molecule has 3 aromatic heterocycles. The molecular formula is C21H29BrN6O. The third kappa shape index (κ3) is 5.25. The number of fused-ring (bicyclic) bond motifs is 1. The highest BCUT2D eigenvalue weighted by Crippen LogP contribution is 2.27. The van der Waals surface area contributed by atoms with Crippen molar-refractivity contribution in [3.05, 3.63) is 46.8 Å². The van der Waals surface area contributed by atoms with E-state index in [0.717, 1.165) is 53.0 Å². The molecule has 0 saturated carbocycles. The van der Waals surface area contributed by atoms with Crippen molar-refractivity contribution in [2.24, 2.45) is 0 Å². The first-order chi connectivity index (χ1) is 14.2. The van der Waals surface area contributed by atoms with Crippen LogP contribution < -0.4 is 10.2 Å². The van der Waals surface area contributed by atoms with Gasteiger partial charge in [0, 0.05) is 37.6 Å². The Labute approximate surface area is 180 Å². The summed E-state index contributed by atoms with van der Waals surface area (Å²) in [6.07, 6.45) is 9.70. The average molecular weight is 461 g/mol. The summed E-state index contributed by atoms with van der Waals surface area (Å²) in [5.41, 5.74) is 1.85. The quantitative estimate of drug-likeness (QED) is 0.444. The lowest BCUT2D eigenvalue weighted by atomic mass is 10.0. The van der Waals surface area contributed by atoms with E-state index in [0.29, 0.717) is 19.1 Å². The molecule has 7 nitrogen and oxygen atoms in total. The van der Waals surface area contributed by atoms with E-state index in [2.05, 4.69) is 50.1 Å². The van der Waals surface area contributed by atoms with Gasteiger partial charge >= 0.3 is 0 Å². The third-order valence-electron chi connectivity index (χ3n) is 4.93. The van der Waals surface area contributed by atoms with Crippen LogP contribution in [0.2, 0.25) is 0 Å². The van der Waals surface area contributed by atoms with E-state index in [1.165, 1.54) is 0 Å². The largest absolute Gasteiger partial charge is 0.395 e. The van der Waals surface area contributed by atoms with E-state index in [9.17, 15) is 5.11 Å². The normalized spacial score (nSPS) is 11.3. The Balaban J connectivity index is 1.98. The van der Waals surface area contributed by atoms with Crippen LogP contribution in [0.4, 0.5) is 11.6 Å². The van der Waals surface area contributed by atoms with Crippen LogP contribution in [0.5, 0.6) is 0 Å². The van der Waals surface area contributed by atoms with Crippen LogP contribution in [-0.4, -0.2) is 43.9 Å². The van der Waals surface area contributed by atoms with E-state index < -0.39 is 0 Å². The first-order valence-corrected chi connectivity index (χ1v) is 11.0. The fraction of sp³-hybridized carbons (Fsp3) is 0.476. The zero-order valence-electron chi connectivity index (χ0n) is 17.1. The van der Waals surface area contributed by atoms with Gasteiger partial charge in [-0.05, 0) is 40.4 Å². The van der Waals surface area contributed by atoms with E-state index in [4.69, 9.17) is 4.98 Å². The Kier molecular flexibility index (Phi) is 7.83. The molecule has 156 valence electrons. The Hall–Kier alpha value is -2.19. The van der Waals surface area contributed by atoms with Crippen LogP contribution >= 0.6 is 15.9 Å². The second-order valence-corrected chi connectivity index (χ2v) is 7.94. The minimum atomic E-state index is 0.0929. The molecule has 3 heterocycles. The number of anilines is 2. The highest BCUT2D eigenvalue weighted by atomic mass is 79.9. The molecule has 0 spiro atoms. The molecule has 0 aliphatic rings. The highest BCUT2D eigenvalue weighted by Gasteiger charge is 2.21. The summed E-state index contributed by atoms with van der Waals surface area (Å²) in [6.45, 7) is 5.68. The third-order valence-corrected chi connectivity index (χ3v) is 5.49. The molecule has 0 fully saturated rings. The minimum Gasteiger partial charge on any atom is -0.395 e. The molecule has 8 heteroatoms. The number of pyridine rings is 1. The Bertz CT molecular complexity index is 895. The maximum atomic E-state index is 9.71. The predicted molar refractivity (Wildman–Crippen MR) is 120 cm³/mol. The summed E-state index contributed by atoms with van der Waals surface area (Å²) in [4.78, 5) is 11.3. The maximum Gasteiger partial charge on any atom is 0.173 e. The van der Waals surface area contributed by atoms with Gasteiger partial charge in [0.05, 0.1) is 17.3 Å². The van der Waals surface area contributed by atoms with Gasteiger partial charge in [0.1, 0.15) is 11.6 Å². The SMILES string of the molecule is CCCC(CCC)N(CCO)c1cc(NCc2cccnc2)n2ncc(Br)c2n1. The van der Waals surface area contributed by atoms with Crippen LogP contribution in [0, 0.1) is 0 Å². The molecule has 0 amide bonds. The van der Waals surface area contributed by atoms with Crippen molar-refractivity contribution in [2.45, 2.75) is 52.1 Å².